The molecule has 1 heterocycles. The van der Waals surface area contributed by atoms with Crippen molar-refractivity contribution in [1.82, 2.24) is 4.98 Å². The molecule has 2 N–H and O–H groups in total. The Morgan fingerprint density at radius 1 is 1.16 bits per heavy atom. The Hall–Kier alpha value is -2.49. The van der Waals surface area contributed by atoms with Gasteiger partial charge in [0.15, 0.2) is 5.58 Å². The van der Waals surface area contributed by atoms with Gasteiger partial charge < -0.3 is 9.73 Å². The number of aromatic nitrogens is 1. The van der Waals surface area contributed by atoms with Crippen LogP contribution < -0.4 is 11.1 Å². The molecule has 1 atom stereocenters. The van der Waals surface area contributed by atoms with Crippen LogP contribution >= 0.6 is 0 Å². The number of anilines is 1. The quantitative estimate of drug-likeness (QED) is 0.754. The van der Waals surface area contributed by atoms with E-state index in [0.29, 0.717) is 11.1 Å². The summed E-state index contributed by atoms with van der Waals surface area (Å²) in [4.78, 5) is 13.8. The summed E-state index contributed by atoms with van der Waals surface area (Å²) >= 11 is 0. The van der Waals surface area contributed by atoms with Crippen LogP contribution in [0.5, 0.6) is 0 Å². The first-order valence-electron chi connectivity index (χ1n) is 6.17. The van der Waals surface area contributed by atoms with Crippen LogP contribution in [0.15, 0.2) is 57.7 Å². The molecule has 96 valence electrons. The summed E-state index contributed by atoms with van der Waals surface area (Å²) in [5.41, 5.74) is 3.43. The average molecular weight is 254 g/mol. The van der Waals surface area contributed by atoms with Crippen LogP contribution in [0.25, 0.3) is 11.1 Å². The summed E-state index contributed by atoms with van der Waals surface area (Å²) < 4.78 is 4.97. The monoisotopic (exact) mass is 254 g/mol. The summed E-state index contributed by atoms with van der Waals surface area (Å²) in [6.45, 7) is 2.09. The van der Waals surface area contributed by atoms with E-state index in [2.05, 4.69) is 29.4 Å². The normalized spacial score (nSPS) is 12.5. The molecule has 0 aliphatic heterocycles. The van der Waals surface area contributed by atoms with Gasteiger partial charge in [0.05, 0.1) is 5.52 Å². The van der Waals surface area contributed by atoms with E-state index in [4.69, 9.17) is 4.42 Å². The van der Waals surface area contributed by atoms with E-state index < -0.39 is 5.76 Å². The summed E-state index contributed by atoms with van der Waals surface area (Å²) in [6.07, 6.45) is 0. The molecule has 2 aromatic carbocycles. The van der Waals surface area contributed by atoms with Crippen LogP contribution in [-0.4, -0.2) is 4.98 Å². The summed E-state index contributed by atoms with van der Waals surface area (Å²) in [7, 11) is 0. The molecular formula is C15H14N2O2. The number of nitrogens with one attached hydrogen (secondary N) is 2. The molecule has 0 radical (unpaired) electrons. The maximum atomic E-state index is 11.1. The summed E-state index contributed by atoms with van der Waals surface area (Å²) in [5, 5.41) is 3.40. The highest BCUT2D eigenvalue weighted by Crippen LogP contribution is 2.21. The molecule has 4 nitrogen and oxygen atoms in total. The zero-order valence-electron chi connectivity index (χ0n) is 10.5. The van der Waals surface area contributed by atoms with Crippen molar-refractivity contribution in [1.29, 1.82) is 0 Å². The van der Waals surface area contributed by atoms with Crippen LogP contribution in [0.2, 0.25) is 0 Å². The molecule has 0 saturated carbocycles. The predicted octanol–water partition coefficient (Wildman–Crippen LogP) is 3.29. The lowest BCUT2D eigenvalue weighted by Gasteiger charge is -2.15. The topological polar surface area (TPSA) is 58.0 Å². The van der Waals surface area contributed by atoms with E-state index in [-0.39, 0.29) is 6.04 Å². The van der Waals surface area contributed by atoms with Gasteiger partial charge in [-0.3, -0.25) is 4.98 Å². The van der Waals surface area contributed by atoms with Crippen molar-refractivity contribution in [2.75, 3.05) is 5.32 Å². The van der Waals surface area contributed by atoms with E-state index in [9.17, 15) is 4.79 Å². The van der Waals surface area contributed by atoms with E-state index in [1.807, 2.05) is 30.3 Å². The van der Waals surface area contributed by atoms with Gasteiger partial charge in [0.25, 0.3) is 0 Å². The van der Waals surface area contributed by atoms with Crippen molar-refractivity contribution in [2.45, 2.75) is 13.0 Å². The largest absolute Gasteiger partial charge is 0.417 e. The number of hydrogen-bond acceptors (Lipinski definition) is 3. The van der Waals surface area contributed by atoms with Gasteiger partial charge in [0, 0.05) is 11.7 Å². The Bertz CT molecular complexity index is 743. The number of hydrogen-bond donors (Lipinski definition) is 2. The molecule has 0 bridgehead atoms. The lowest BCUT2D eigenvalue weighted by atomic mass is 10.1. The third-order valence-electron chi connectivity index (χ3n) is 3.10. The molecule has 3 aromatic rings. The van der Waals surface area contributed by atoms with E-state index >= 15 is 0 Å². The molecule has 4 heteroatoms. The fourth-order valence-corrected chi connectivity index (χ4v) is 2.12. The summed E-state index contributed by atoms with van der Waals surface area (Å²) in [6, 6.07) is 15.9. The minimum atomic E-state index is -0.428. The van der Waals surface area contributed by atoms with Gasteiger partial charge in [-0.25, -0.2) is 4.79 Å². The second-order valence-corrected chi connectivity index (χ2v) is 4.50. The minimum Gasteiger partial charge on any atom is -0.408 e. The molecule has 0 aliphatic rings. The Labute approximate surface area is 110 Å². The number of oxazole rings is 1. The van der Waals surface area contributed by atoms with Crippen LogP contribution in [0, 0.1) is 0 Å². The number of H-pyrrole nitrogens is 1. The lowest BCUT2D eigenvalue weighted by Crippen LogP contribution is -2.06. The van der Waals surface area contributed by atoms with Gasteiger partial charge in [-0.15, -0.1) is 0 Å². The zero-order chi connectivity index (χ0) is 13.2. The van der Waals surface area contributed by atoms with Gasteiger partial charge in [0.1, 0.15) is 0 Å². The average Bonchev–Trinajstić information content (AvgIpc) is 2.79. The number of fused-ring (bicyclic) bond motifs is 1. The predicted molar refractivity (Wildman–Crippen MR) is 75.3 cm³/mol. The van der Waals surface area contributed by atoms with Gasteiger partial charge in [0.2, 0.25) is 0 Å². The molecule has 0 fully saturated rings. The first-order valence-corrected chi connectivity index (χ1v) is 6.17. The van der Waals surface area contributed by atoms with Crippen LogP contribution in [0.3, 0.4) is 0 Å². The van der Waals surface area contributed by atoms with Crippen LogP contribution in [0.1, 0.15) is 18.5 Å². The molecular weight excluding hydrogens is 240 g/mol. The Morgan fingerprint density at radius 3 is 2.74 bits per heavy atom. The van der Waals surface area contributed by atoms with E-state index in [1.54, 1.807) is 6.07 Å². The molecule has 0 saturated heterocycles. The smallest absolute Gasteiger partial charge is 0.408 e. The van der Waals surface area contributed by atoms with Crippen molar-refractivity contribution in [3.63, 3.8) is 0 Å². The van der Waals surface area contributed by atoms with Gasteiger partial charge in [-0.05, 0) is 30.7 Å². The Morgan fingerprint density at radius 2 is 1.95 bits per heavy atom. The third-order valence-corrected chi connectivity index (χ3v) is 3.10. The fraction of sp³-hybridized carbons (Fsp3) is 0.133. The fourth-order valence-electron chi connectivity index (χ4n) is 2.12. The van der Waals surface area contributed by atoms with Gasteiger partial charge in [-0.2, -0.15) is 0 Å². The third kappa shape index (κ3) is 2.38. The SMILES string of the molecule is CC(Nc1ccc2oc(=O)[nH]c2c1)c1ccccc1. The Balaban J connectivity index is 1.87. The standard InChI is InChI=1S/C15H14N2O2/c1-10(11-5-3-2-4-6-11)16-12-7-8-14-13(9-12)17-15(18)19-14/h2-10,16H,1H3,(H,17,18). The van der Waals surface area contributed by atoms with Crippen molar-refractivity contribution in [3.05, 3.63) is 64.6 Å². The highest BCUT2D eigenvalue weighted by atomic mass is 16.4. The van der Waals surface area contributed by atoms with E-state index in [1.165, 1.54) is 5.56 Å². The molecule has 19 heavy (non-hydrogen) atoms. The maximum absolute atomic E-state index is 11.1. The van der Waals surface area contributed by atoms with Crippen molar-refractivity contribution < 1.29 is 4.42 Å². The molecule has 3 rings (SSSR count). The first kappa shape index (κ1) is 11.6. The second-order valence-electron chi connectivity index (χ2n) is 4.50. The molecule has 1 aromatic heterocycles. The zero-order valence-corrected chi connectivity index (χ0v) is 10.5. The first-order chi connectivity index (χ1) is 9.22. The lowest BCUT2D eigenvalue weighted by molar-refractivity contribution is 0.555. The molecule has 0 aliphatic carbocycles. The number of benzene rings is 2. The Kier molecular flexibility index (Phi) is 2.83. The maximum Gasteiger partial charge on any atom is 0.417 e. The van der Waals surface area contributed by atoms with Gasteiger partial charge in [-0.1, -0.05) is 30.3 Å². The van der Waals surface area contributed by atoms with E-state index in [0.717, 1.165) is 5.69 Å². The van der Waals surface area contributed by atoms with Crippen molar-refractivity contribution in [3.8, 4) is 0 Å². The van der Waals surface area contributed by atoms with Crippen LogP contribution in [-0.2, 0) is 0 Å². The second kappa shape index (κ2) is 4.65. The molecule has 1 unspecified atom stereocenters. The molecule has 0 amide bonds. The molecule has 0 spiro atoms. The van der Waals surface area contributed by atoms with Crippen molar-refractivity contribution in [2.24, 2.45) is 0 Å². The highest BCUT2D eigenvalue weighted by Gasteiger charge is 2.06. The van der Waals surface area contributed by atoms with Crippen LogP contribution in [0.4, 0.5) is 5.69 Å². The number of aromatic amines is 1. The minimum absolute atomic E-state index is 0.192. The number of rotatable bonds is 3. The van der Waals surface area contributed by atoms with Gasteiger partial charge >= 0.3 is 5.76 Å². The summed E-state index contributed by atoms with van der Waals surface area (Å²) in [5.74, 6) is -0.428. The highest BCUT2D eigenvalue weighted by molar-refractivity contribution is 5.76. The van der Waals surface area contributed by atoms with Crippen molar-refractivity contribution >= 4 is 16.8 Å².